The molecular weight excluding hydrogens is 252 g/mol. The van der Waals surface area contributed by atoms with Gasteiger partial charge in [0.1, 0.15) is 0 Å². The third-order valence-electron chi connectivity index (χ3n) is 3.22. The van der Waals surface area contributed by atoms with Gasteiger partial charge in [-0.25, -0.2) is 9.59 Å². The van der Waals surface area contributed by atoms with Crippen LogP contribution < -0.4 is 0 Å². The molecule has 0 bridgehead atoms. The van der Waals surface area contributed by atoms with E-state index in [2.05, 4.69) is 0 Å². The van der Waals surface area contributed by atoms with Crippen molar-refractivity contribution in [3.8, 4) is 0 Å². The van der Waals surface area contributed by atoms with Gasteiger partial charge in [-0.05, 0) is 11.1 Å². The molecule has 0 radical (unpaired) electrons. The first-order valence-electron chi connectivity index (χ1n) is 6.34. The number of carbonyl (C=O) groups is 2. The summed E-state index contributed by atoms with van der Waals surface area (Å²) in [6.45, 7) is 0. The first-order valence-corrected chi connectivity index (χ1v) is 6.34. The van der Waals surface area contributed by atoms with Crippen molar-refractivity contribution in [2.24, 2.45) is 0 Å². The van der Waals surface area contributed by atoms with Gasteiger partial charge in [0.25, 0.3) is 0 Å². The number of rotatable bonds is 3. The van der Waals surface area contributed by atoms with Crippen LogP contribution in [0.3, 0.4) is 0 Å². The monoisotopic (exact) mass is 264 g/mol. The van der Waals surface area contributed by atoms with E-state index in [0.29, 0.717) is 23.1 Å². The maximum absolute atomic E-state index is 11.9. The molecule has 0 fully saturated rings. The Balaban J connectivity index is 2.05. The Hall–Kier alpha value is -2.68. The molecule has 20 heavy (non-hydrogen) atoms. The van der Waals surface area contributed by atoms with Crippen molar-refractivity contribution < 1.29 is 14.3 Å². The summed E-state index contributed by atoms with van der Waals surface area (Å²) in [5, 5.41) is 0. The second-order valence-corrected chi connectivity index (χ2v) is 4.56. The maximum atomic E-state index is 11.9. The van der Waals surface area contributed by atoms with Gasteiger partial charge >= 0.3 is 11.9 Å². The van der Waals surface area contributed by atoms with Crippen molar-refractivity contribution in [2.45, 2.75) is 6.42 Å². The summed E-state index contributed by atoms with van der Waals surface area (Å²) >= 11 is 0. The van der Waals surface area contributed by atoms with E-state index in [4.69, 9.17) is 4.74 Å². The standard InChI is InChI=1S/C17H12O3/c18-16-14(11-12-7-3-1-4-8-12)15(17(19)20-16)13-9-5-2-6-10-13/h1-10H,11H2. The highest BCUT2D eigenvalue weighted by molar-refractivity contribution is 6.30. The molecule has 1 heterocycles. The van der Waals surface area contributed by atoms with E-state index in [0.717, 1.165) is 5.56 Å². The minimum Gasteiger partial charge on any atom is -0.386 e. The molecule has 0 aromatic heterocycles. The smallest absolute Gasteiger partial charge is 0.347 e. The molecule has 2 aromatic carbocycles. The summed E-state index contributed by atoms with van der Waals surface area (Å²) in [5.41, 5.74) is 2.49. The number of carbonyl (C=O) groups excluding carboxylic acids is 2. The van der Waals surface area contributed by atoms with Gasteiger partial charge in [-0.2, -0.15) is 0 Å². The van der Waals surface area contributed by atoms with Crippen molar-refractivity contribution in [1.82, 2.24) is 0 Å². The molecule has 0 spiro atoms. The molecule has 3 nitrogen and oxygen atoms in total. The summed E-state index contributed by atoms with van der Waals surface area (Å²) in [6, 6.07) is 18.7. The van der Waals surface area contributed by atoms with Crippen LogP contribution >= 0.6 is 0 Å². The maximum Gasteiger partial charge on any atom is 0.347 e. The van der Waals surface area contributed by atoms with Crippen LogP contribution in [0.5, 0.6) is 0 Å². The summed E-state index contributed by atoms with van der Waals surface area (Å²) < 4.78 is 4.76. The number of hydrogen-bond acceptors (Lipinski definition) is 3. The van der Waals surface area contributed by atoms with Gasteiger partial charge in [-0.3, -0.25) is 0 Å². The van der Waals surface area contributed by atoms with Gasteiger partial charge in [0.2, 0.25) is 0 Å². The molecule has 0 amide bonds. The van der Waals surface area contributed by atoms with Crippen LogP contribution in [0.2, 0.25) is 0 Å². The molecular formula is C17H12O3. The van der Waals surface area contributed by atoms with Gasteiger partial charge < -0.3 is 4.74 Å². The lowest BCUT2D eigenvalue weighted by atomic mass is 9.97. The van der Waals surface area contributed by atoms with Crippen molar-refractivity contribution in [1.29, 1.82) is 0 Å². The molecule has 0 aliphatic carbocycles. The molecule has 0 N–H and O–H groups in total. The fourth-order valence-electron chi connectivity index (χ4n) is 2.28. The zero-order chi connectivity index (χ0) is 13.9. The van der Waals surface area contributed by atoms with Crippen molar-refractivity contribution in [2.75, 3.05) is 0 Å². The van der Waals surface area contributed by atoms with Crippen LogP contribution in [-0.2, 0) is 20.7 Å². The first kappa shape index (κ1) is 12.4. The van der Waals surface area contributed by atoms with Crippen molar-refractivity contribution in [3.63, 3.8) is 0 Å². The molecule has 98 valence electrons. The van der Waals surface area contributed by atoms with E-state index < -0.39 is 11.9 Å². The Labute approximate surface area is 116 Å². The third kappa shape index (κ3) is 2.26. The molecule has 0 unspecified atom stereocenters. The number of benzene rings is 2. The van der Waals surface area contributed by atoms with E-state index in [9.17, 15) is 9.59 Å². The van der Waals surface area contributed by atoms with E-state index >= 15 is 0 Å². The SMILES string of the molecule is O=C1OC(=O)C(c2ccccc2)=C1Cc1ccccc1. The molecule has 0 saturated heterocycles. The summed E-state index contributed by atoms with van der Waals surface area (Å²) in [4.78, 5) is 23.8. The van der Waals surface area contributed by atoms with Crippen LogP contribution in [-0.4, -0.2) is 11.9 Å². The van der Waals surface area contributed by atoms with Crippen LogP contribution in [0, 0.1) is 0 Å². The van der Waals surface area contributed by atoms with Gasteiger partial charge in [-0.1, -0.05) is 60.7 Å². The lowest BCUT2D eigenvalue weighted by Gasteiger charge is -2.03. The average Bonchev–Trinajstić information content (AvgIpc) is 2.75. The fraction of sp³-hybridized carbons (Fsp3) is 0.0588. The van der Waals surface area contributed by atoms with Gasteiger partial charge in [-0.15, -0.1) is 0 Å². The molecule has 1 aliphatic heterocycles. The second-order valence-electron chi connectivity index (χ2n) is 4.56. The molecule has 0 atom stereocenters. The Bertz CT molecular complexity index is 685. The fourth-order valence-corrected chi connectivity index (χ4v) is 2.28. The normalized spacial score (nSPS) is 14.6. The predicted octanol–water partition coefficient (Wildman–Crippen LogP) is 2.77. The Kier molecular flexibility index (Phi) is 3.17. The minimum absolute atomic E-state index is 0.374. The highest BCUT2D eigenvalue weighted by Gasteiger charge is 2.33. The molecule has 2 aromatic rings. The third-order valence-corrected chi connectivity index (χ3v) is 3.22. The lowest BCUT2D eigenvalue weighted by molar-refractivity contribution is -0.150. The predicted molar refractivity (Wildman–Crippen MR) is 74.6 cm³/mol. The Morgan fingerprint density at radius 3 is 2.00 bits per heavy atom. The average molecular weight is 264 g/mol. The Morgan fingerprint density at radius 1 is 0.750 bits per heavy atom. The van der Waals surface area contributed by atoms with Gasteiger partial charge in [0.05, 0.1) is 11.1 Å². The largest absolute Gasteiger partial charge is 0.386 e. The van der Waals surface area contributed by atoms with E-state index in [-0.39, 0.29) is 0 Å². The minimum atomic E-state index is -0.563. The van der Waals surface area contributed by atoms with E-state index in [1.165, 1.54) is 0 Å². The summed E-state index contributed by atoms with van der Waals surface area (Å²) in [7, 11) is 0. The molecule has 0 saturated carbocycles. The highest BCUT2D eigenvalue weighted by atomic mass is 16.6. The first-order chi connectivity index (χ1) is 9.75. The number of esters is 2. The van der Waals surface area contributed by atoms with Crippen molar-refractivity contribution in [3.05, 3.63) is 77.4 Å². The summed E-state index contributed by atoms with van der Waals surface area (Å²) in [6.07, 6.45) is 0.398. The van der Waals surface area contributed by atoms with Crippen LogP contribution in [0.25, 0.3) is 5.57 Å². The lowest BCUT2D eigenvalue weighted by Crippen LogP contribution is -2.03. The number of cyclic esters (lactones) is 2. The molecule has 1 aliphatic rings. The van der Waals surface area contributed by atoms with Crippen LogP contribution in [0.4, 0.5) is 0 Å². The highest BCUT2D eigenvalue weighted by Crippen LogP contribution is 2.29. The number of ether oxygens (including phenoxy) is 1. The topological polar surface area (TPSA) is 43.4 Å². The van der Waals surface area contributed by atoms with Gasteiger partial charge in [0, 0.05) is 6.42 Å². The zero-order valence-electron chi connectivity index (χ0n) is 10.7. The number of hydrogen-bond donors (Lipinski definition) is 0. The zero-order valence-corrected chi connectivity index (χ0v) is 10.7. The van der Waals surface area contributed by atoms with E-state index in [1.54, 1.807) is 12.1 Å². The van der Waals surface area contributed by atoms with Crippen LogP contribution in [0.1, 0.15) is 11.1 Å². The quantitative estimate of drug-likeness (QED) is 0.632. The van der Waals surface area contributed by atoms with E-state index in [1.807, 2.05) is 48.5 Å². The van der Waals surface area contributed by atoms with Crippen molar-refractivity contribution >= 4 is 17.5 Å². The Morgan fingerprint density at radius 2 is 1.35 bits per heavy atom. The van der Waals surface area contributed by atoms with Crippen LogP contribution in [0.15, 0.2) is 66.2 Å². The summed E-state index contributed by atoms with van der Waals surface area (Å²) in [5.74, 6) is -1.11. The van der Waals surface area contributed by atoms with Gasteiger partial charge in [0.15, 0.2) is 0 Å². The second kappa shape index (κ2) is 5.13. The molecule has 3 rings (SSSR count). The molecule has 3 heteroatoms.